The fraction of sp³-hybridized carbons (Fsp3) is 0.513. The molecule has 0 bridgehead atoms. The Labute approximate surface area is 278 Å². The number of piperazine rings is 1. The maximum atomic E-state index is 4.87. The van der Waals surface area contributed by atoms with Crippen molar-refractivity contribution in [2.75, 3.05) is 73.8 Å². The van der Waals surface area contributed by atoms with Crippen LogP contribution in [0.15, 0.2) is 71.5 Å². The number of fused-ring (bicyclic) bond motifs is 1. The largest absolute Gasteiger partial charge is 0.388 e. The quantitative estimate of drug-likeness (QED) is 0.170. The lowest BCUT2D eigenvalue weighted by Crippen LogP contribution is -2.59. The second-order valence-corrected chi connectivity index (χ2v) is 13.9. The van der Waals surface area contributed by atoms with Gasteiger partial charge in [-0.25, -0.2) is 4.99 Å². The maximum absolute atomic E-state index is 4.87. The number of hydrogen-bond donors (Lipinski definition) is 2. The topological polar surface area (TPSA) is 49.4 Å². The molecule has 0 aromatic heterocycles. The molecule has 248 valence electrons. The van der Waals surface area contributed by atoms with Crippen molar-refractivity contribution in [3.63, 3.8) is 0 Å². The van der Waals surface area contributed by atoms with Gasteiger partial charge in [0, 0.05) is 99.6 Å². The first-order chi connectivity index (χ1) is 22.0. The van der Waals surface area contributed by atoms with Crippen molar-refractivity contribution in [2.24, 2.45) is 10.9 Å². The number of aryl methyl sites for hydroxylation is 1. The van der Waals surface area contributed by atoms with Gasteiger partial charge in [0.15, 0.2) is 0 Å². The van der Waals surface area contributed by atoms with E-state index >= 15 is 0 Å². The lowest BCUT2D eigenvalue weighted by atomic mass is 9.78. The van der Waals surface area contributed by atoms with Crippen LogP contribution in [0.4, 0.5) is 22.7 Å². The van der Waals surface area contributed by atoms with E-state index in [0.29, 0.717) is 12.0 Å². The van der Waals surface area contributed by atoms with Gasteiger partial charge in [0.1, 0.15) is 5.84 Å². The first kappa shape index (κ1) is 33.6. The first-order valence-electron chi connectivity index (χ1n) is 17.3. The summed E-state index contributed by atoms with van der Waals surface area (Å²) in [6.45, 7) is 24.3. The second kappa shape index (κ2) is 14.4. The summed E-state index contributed by atoms with van der Waals surface area (Å²) in [5, 5.41) is 6.88. The fourth-order valence-corrected chi connectivity index (χ4v) is 7.31. The van der Waals surface area contributed by atoms with Crippen molar-refractivity contribution < 1.29 is 0 Å². The van der Waals surface area contributed by atoms with Crippen LogP contribution in [0.2, 0.25) is 0 Å². The van der Waals surface area contributed by atoms with E-state index in [1.54, 1.807) is 0 Å². The minimum atomic E-state index is 0.186. The van der Waals surface area contributed by atoms with Gasteiger partial charge in [-0.15, -0.1) is 0 Å². The Kier molecular flexibility index (Phi) is 10.5. The van der Waals surface area contributed by atoms with Crippen LogP contribution in [0.3, 0.4) is 0 Å². The molecule has 1 atom stereocenters. The van der Waals surface area contributed by atoms with Crippen LogP contribution >= 0.6 is 0 Å². The second-order valence-electron chi connectivity index (χ2n) is 13.9. The molecule has 3 heterocycles. The molecule has 2 fully saturated rings. The van der Waals surface area contributed by atoms with E-state index in [1.807, 2.05) is 13.2 Å². The van der Waals surface area contributed by atoms with E-state index in [-0.39, 0.29) is 5.54 Å². The third kappa shape index (κ3) is 7.30. The Bertz CT molecular complexity index is 1470. The summed E-state index contributed by atoms with van der Waals surface area (Å²) in [5.41, 5.74) is 9.61. The highest BCUT2D eigenvalue weighted by Crippen LogP contribution is 2.36. The average Bonchev–Trinajstić information content (AvgIpc) is 3.08. The van der Waals surface area contributed by atoms with Gasteiger partial charge in [-0.3, -0.25) is 4.90 Å². The number of nitrogens with one attached hydrogen (secondary N) is 2. The zero-order valence-corrected chi connectivity index (χ0v) is 29.7. The Morgan fingerprint density at radius 3 is 2.41 bits per heavy atom. The molecule has 2 aromatic rings. The third-order valence-corrected chi connectivity index (χ3v) is 10.9. The summed E-state index contributed by atoms with van der Waals surface area (Å²) in [4.78, 5) is 14.9. The zero-order chi connectivity index (χ0) is 33.0. The van der Waals surface area contributed by atoms with Crippen molar-refractivity contribution >= 4 is 34.7 Å². The highest BCUT2D eigenvalue weighted by Gasteiger charge is 2.38. The molecule has 0 amide bonds. The number of benzene rings is 2. The number of amidine groups is 1. The minimum Gasteiger partial charge on any atom is -0.388 e. The van der Waals surface area contributed by atoms with Crippen LogP contribution in [0.25, 0.3) is 6.08 Å². The molecule has 7 heteroatoms. The van der Waals surface area contributed by atoms with Crippen LogP contribution in [0.5, 0.6) is 0 Å². The smallest absolute Gasteiger partial charge is 0.101 e. The fourth-order valence-electron chi connectivity index (χ4n) is 7.31. The molecule has 0 aliphatic carbocycles. The van der Waals surface area contributed by atoms with E-state index in [4.69, 9.17) is 4.99 Å². The van der Waals surface area contributed by atoms with Crippen molar-refractivity contribution in [1.29, 1.82) is 0 Å². The number of anilines is 4. The zero-order valence-electron chi connectivity index (χ0n) is 29.7. The normalized spacial score (nSPS) is 20.2. The van der Waals surface area contributed by atoms with Gasteiger partial charge < -0.3 is 25.3 Å². The molecule has 2 aromatic carbocycles. The van der Waals surface area contributed by atoms with Gasteiger partial charge in [0.05, 0.1) is 0 Å². The number of nitrogens with zero attached hydrogens (tertiary/aromatic N) is 5. The molecule has 0 saturated carbocycles. The third-order valence-electron chi connectivity index (χ3n) is 10.9. The molecule has 2 N–H and O–H groups in total. The maximum Gasteiger partial charge on any atom is 0.101 e. The van der Waals surface area contributed by atoms with E-state index < -0.39 is 0 Å². The summed E-state index contributed by atoms with van der Waals surface area (Å²) in [5.74, 6) is 1.77. The molecule has 0 spiro atoms. The SMILES string of the molecule is C=C(Nc1ccc2c(c1)C=CC(C)N2C)/C(C)=C\N=C(C)N1CCN(C(C)(C)C2CCN(c3ccc(CC)c(NC)c3)CC2)CC1. The number of rotatable bonds is 9. The van der Waals surface area contributed by atoms with Gasteiger partial charge in [-0.1, -0.05) is 31.7 Å². The Morgan fingerprint density at radius 1 is 1.02 bits per heavy atom. The standard InChI is InChI=1S/C39H57N7/c1-10-32-13-15-36(26-37(32)40-8)45-19-17-34(18-20-45)39(6,7)46-23-21-44(22-24-46)31(5)41-27-28(2)30(4)42-35-14-16-38-33(25-35)12-11-29(3)43(38)9/h11-16,25-27,29,34,40,42H,4,10,17-24H2,1-3,5-9H3/b28-27-,41-31?. The molecular formula is C39H57N7. The lowest BCUT2D eigenvalue weighted by Gasteiger charge is -2.50. The van der Waals surface area contributed by atoms with E-state index in [2.05, 4.69) is 134 Å². The molecule has 3 aliphatic rings. The number of hydrogen-bond acceptors (Lipinski definition) is 6. The highest BCUT2D eigenvalue weighted by atomic mass is 15.3. The molecule has 7 nitrogen and oxygen atoms in total. The first-order valence-corrected chi connectivity index (χ1v) is 17.3. The molecular weight excluding hydrogens is 566 g/mol. The van der Waals surface area contributed by atoms with Crippen molar-refractivity contribution in [3.8, 4) is 0 Å². The molecule has 1 unspecified atom stereocenters. The average molecular weight is 624 g/mol. The van der Waals surface area contributed by atoms with Crippen LogP contribution in [-0.2, 0) is 6.42 Å². The van der Waals surface area contributed by atoms with Crippen LogP contribution < -0.4 is 20.4 Å². The monoisotopic (exact) mass is 623 g/mol. The summed E-state index contributed by atoms with van der Waals surface area (Å²) in [7, 11) is 4.17. The van der Waals surface area contributed by atoms with Gasteiger partial charge in [-0.05, 0) is 107 Å². The lowest BCUT2D eigenvalue weighted by molar-refractivity contribution is 0.0228. The van der Waals surface area contributed by atoms with Crippen LogP contribution in [0.1, 0.15) is 65.5 Å². The van der Waals surface area contributed by atoms with Crippen LogP contribution in [0, 0.1) is 5.92 Å². The van der Waals surface area contributed by atoms with Crippen molar-refractivity contribution in [3.05, 3.63) is 77.7 Å². The minimum absolute atomic E-state index is 0.186. The van der Waals surface area contributed by atoms with E-state index in [1.165, 1.54) is 41.0 Å². The number of piperidine rings is 1. The van der Waals surface area contributed by atoms with Gasteiger partial charge >= 0.3 is 0 Å². The molecule has 5 rings (SSSR count). The predicted octanol–water partition coefficient (Wildman–Crippen LogP) is 7.70. The Hall–Kier alpha value is -3.71. The summed E-state index contributed by atoms with van der Waals surface area (Å²) >= 11 is 0. The molecule has 0 radical (unpaired) electrons. The molecule has 3 aliphatic heterocycles. The Morgan fingerprint density at radius 2 is 1.74 bits per heavy atom. The summed E-state index contributed by atoms with van der Waals surface area (Å²) in [6.07, 6.45) is 9.93. The summed E-state index contributed by atoms with van der Waals surface area (Å²) in [6, 6.07) is 13.8. The van der Waals surface area contributed by atoms with Gasteiger partial charge in [0.2, 0.25) is 0 Å². The predicted molar refractivity (Wildman–Crippen MR) is 200 cm³/mol. The van der Waals surface area contributed by atoms with E-state index in [9.17, 15) is 0 Å². The summed E-state index contributed by atoms with van der Waals surface area (Å²) < 4.78 is 0. The Balaban J connectivity index is 1.11. The number of allylic oxidation sites excluding steroid dienone is 1. The van der Waals surface area contributed by atoms with Gasteiger partial charge in [0.25, 0.3) is 0 Å². The van der Waals surface area contributed by atoms with E-state index in [0.717, 1.165) is 68.5 Å². The number of aliphatic imine (C=N–C) groups is 1. The van der Waals surface area contributed by atoms with Crippen molar-refractivity contribution in [1.82, 2.24) is 9.80 Å². The highest BCUT2D eigenvalue weighted by molar-refractivity contribution is 5.80. The number of likely N-dealkylation sites (N-methyl/N-ethyl adjacent to an activating group) is 1. The molecule has 2 saturated heterocycles. The molecule has 46 heavy (non-hydrogen) atoms. The van der Waals surface area contributed by atoms with Gasteiger partial charge in [-0.2, -0.15) is 0 Å². The van der Waals surface area contributed by atoms with Crippen molar-refractivity contribution in [2.45, 2.75) is 72.4 Å². The van der Waals surface area contributed by atoms with Crippen LogP contribution in [-0.4, -0.2) is 80.6 Å².